The maximum atomic E-state index is 11.4. The SMILES string of the molecule is CS(=O)(=O)CS(=O)(=O)NCC1CCCC1N. The van der Waals surface area contributed by atoms with Gasteiger partial charge in [-0.3, -0.25) is 0 Å². The first-order valence-corrected chi connectivity index (χ1v) is 8.81. The summed E-state index contributed by atoms with van der Waals surface area (Å²) in [5, 5.41) is -0.859. The first-order valence-electron chi connectivity index (χ1n) is 5.10. The van der Waals surface area contributed by atoms with Crippen molar-refractivity contribution in [2.45, 2.75) is 25.3 Å². The van der Waals surface area contributed by atoms with Crippen molar-refractivity contribution in [2.75, 3.05) is 17.9 Å². The van der Waals surface area contributed by atoms with Crippen molar-refractivity contribution in [1.82, 2.24) is 4.72 Å². The van der Waals surface area contributed by atoms with E-state index in [1.807, 2.05) is 0 Å². The Kier molecular flexibility index (Phi) is 4.33. The molecule has 0 bridgehead atoms. The molecule has 96 valence electrons. The molecular weight excluding hydrogens is 252 g/mol. The summed E-state index contributed by atoms with van der Waals surface area (Å²) in [6.07, 6.45) is 3.69. The van der Waals surface area contributed by atoms with Gasteiger partial charge in [0.2, 0.25) is 10.0 Å². The van der Waals surface area contributed by atoms with E-state index in [4.69, 9.17) is 5.73 Å². The monoisotopic (exact) mass is 270 g/mol. The summed E-state index contributed by atoms with van der Waals surface area (Å²) >= 11 is 0. The molecule has 2 unspecified atom stereocenters. The molecule has 1 saturated carbocycles. The van der Waals surface area contributed by atoms with Gasteiger partial charge >= 0.3 is 0 Å². The second-order valence-corrected chi connectivity index (χ2v) is 8.67. The molecule has 1 aliphatic rings. The molecular formula is C8H18N2O4S2. The highest BCUT2D eigenvalue weighted by molar-refractivity contribution is 8.06. The lowest BCUT2D eigenvalue weighted by atomic mass is 10.1. The Morgan fingerprint density at radius 2 is 1.88 bits per heavy atom. The molecule has 1 aliphatic carbocycles. The van der Waals surface area contributed by atoms with Crippen LogP contribution in [0.1, 0.15) is 19.3 Å². The van der Waals surface area contributed by atoms with Crippen molar-refractivity contribution in [3.63, 3.8) is 0 Å². The van der Waals surface area contributed by atoms with Gasteiger partial charge in [0.05, 0.1) is 0 Å². The van der Waals surface area contributed by atoms with E-state index in [1.54, 1.807) is 0 Å². The van der Waals surface area contributed by atoms with Gasteiger partial charge in [-0.25, -0.2) is 21.6 Å². The van der Waals surface area contributed by atoms with E-state index < -0.39 is 24.9 Å². The van der Waals surface area contributed by atoms with E-state index in [0.717, 1.165) is 25.5 Å². The second-order valence-electron chi connectivity index (χ2n) is 4.36. The van der Waals surface area contributed by atoms with E-state index in [-0.39, 0.29) is 18.5 Å². The Hall–Kier alpha value is -0.180. The highest BCUT2D eigenvalue weighted by Gasteiger charge is 2.26. The third-order valence-electron chi connectivity index (χ3n) is 2.65. The molecule has 3 N–H and O–H groups in total. The van der Waals surface area contributed by atoms with Crippen molar-refractivity contribution < 1.29 is 16.8 Å². The molecule has 1 rings (SSSR count). The van der Waals surface area contributed by atoms with Gasteiger partial charge in [-0.15, -0.1) is 0 Å². The first kappa shape index (κ1) is 13.9. The molecule has 0 spiro atoms. The van der Waals surface area contributed by atoms with E-state index >= 15 is 0 Å². The standard InChI is InChI=1S/C8H18N2O4S2/c1-15(11,12)6-16(13,14)10-5-7-3-2-4-8(7)9/h7-8,10H,2-6,9H2,1H3. The zero-order chi connectivity index (χ0) is 12.4. The maximum absolute atomic E-state index is 11.4. The average molecular weight is 270 g/mol. The summed E-state index contributed by atoms with van der Waals surface area (Å²) in [5.41, 5.74) is 5.78. The minimum atomic E-state index is -3.74. The molecule has 0 aromatic rings. The Morgan fingerprint density at radius 3 is 2.31 bits per heavy atom. The van der Waals surface area contributed by atoms with Crippen LogP contribution in [0.3, 0.4) is 0 Å². The zero-order valence-electron chi connectivity index (χ0n) is 9.22. The molecule has 2 atom stereocenters. The smallest absolute Gasteiger partial charge is 0.226 e. The van der Waals surface area contributed by atoms with Crippen molar-refractivity contribution in [3.8, 4) is 0 Å². The first-order chi connectivity index (χ1) is 7.20. The van der Waals surface area contributed by atoms with Crippen LogP contribution in [0.4, 0.5) is 0 Å². The van der Waals surface area contributed by atoms with Gasteiger partial charge in [0, 0.05) is 18.8 Å². The van der Waals surface area contributed by atoms with Crippen LogP contribution in [0, 0.1) is 5.92 Å². The fraction of sp³-hybridized carbons (Fsp3) is 1.00. The highest BCUT2D eigenvalue weighted by atomic mass is 32.3. The number of nitrogens with one attached hydrogen (secondary N) is 1. The van der Waals surface area contributed by atoms with Gasteiger partial charge in [-0.2, -0.15) is 0 Å². The molecule has 0 heterocycles. The number of hydrogen-bond donors (Lipinski definition) is 2. The second kappa shape index (κ2) is 4.99. The number of nitrogens with two attached hydrogens (primary N) is 1. The van der Waals surface area contributed by atoms with Gasteiger partial charge < -0.3 is 5.73 Å². The molecule has 0 aromatic heterocycles. The third-order valence-corrected chi connectivity index (χ3v) is 6.21. The van der Waals surface area contributed by atoms with Crippen LogP contribution in [0.25, 0.3) is 0 Å². The van der Waals surface area contributed by atoms with Gasteiger partial charge in [-0.05, 0) is 18.8 Å². The minimum absolute atomic E-state index is 0.0148. The molecule has 0 radical (unpaired) electrons. The van der Waals surface area contributed by atoms with Crippen molar-refractivity contribution in [3.05, 3.63) is 0 Å². The predicted molar refractivity (Wildman–Crippen MR) is 61.9 cm³/mol. The van der Waals surface area contributed by atoms with Crippen LogP contribution in [-0.2, 0) is 19.9 Å². The summed E-state index contributed by atoms with van der Waals surface area (Å²) in [6.45, 7) is 0.235. The Bertz CT molecular complexity index is 429. The molecule has 1 fully saturated rings. The van der Waals surface area contributed by atoms with Crippen LogP contribution in [-0.4, -0.2) is 40.8 Å². The normalized spacial score (nSPS) is 27.1. The van der Waals surface area contributed by atoms with Gasteiger partial charge in [0.25, 0.3) is 0 Å². The number of hydrogen-bond acceptors (Lipinski definition) is 5. The van der Waals surface area contributed by atoms with E-state index in [0.29, 0.717) is 0 Å². The zero-order valence-corrected chi connectivity index (χ0v) is 10.9. The Balaban J connectivity index is 2.48. The summed E-state index contributed by atoms with van der Waals surface area (Å²) in [6, 6.07) is 0.0148. The summed E-state index contributed by atoms with van der Waals surface area (Å²) in [4.78, 5) is 0. The molecule has 0 aromatic carbocycles. The lowest BCUT2D eigenvalue weighted by Gasteiger charge is -2.15. The quantitative estimate of drug-likeness (QED) is 0.669. The van der Waals surface area contributed by atoms with Crippen LogP contribution in [0.15, 0.2) is 0 Å². The van der Waals surface area contributed by atoms with Crippen molar-refractivity contribution in [1.29, 1.82) is 0 Å². The minimum Gasteiger partial charge on any atom is -0.327 e. The van der Waals surface area contributed by atoms with Crippen molar-refractivity contribution in [2.24, 2.45) is 11.7 Å². The summed E-state index contributed by atoms with van der Waals surface area (Å²) < 4.78 is 46.8. The van der Waals surface area contributed by atoms with E-state index in [9.17, 15) is 16.8 Å². The largest absolute Gasteiger partial charge is 0.327 e. The topological polar surface area (TPSA) is 106 Å². The van der Waals surface area contributed by atoms with Crippen molar-refractivity contribution >= 4 is 19.9 Å². The molecule has 0 amide bonds. The number of sulfone groups is 1. The molecule has 6 nitrogen and oxygen atoms in total. The summed E-state index contributed by atoms with van der Waals surface area (Å²) in [5.74, 6) is 0.120. The van der Waals surface area contributed by atoms with Gasteiger partial charge in [0.15, 0.2) is 14.9 Å². The Morgan fingerprint density at radius 1 is 1.25 bits per heavy atom. The fourth-order valence-electron chi connectivity index (χ4n) is 1.88. The van der Waals surface area contributed by atoms with Crippen LogP contribution < -0.4 is 10.5 Å². The average Bonchev–Trinajstić information content (AvgIpc) is 2.43. The molecule has 0 aliphatic heterocycles. The predicted octanol–water partition coefficient (Wildman–Crippen LogP) is -0.965. The van der Waals surface area contributed by atoms with Crippen LogP contribution >= 0.6 is 0 Å². The maximum Gasteiger partial charge on any atom is 0.226 e. The molecule has 0 saturated heterocycles. The number of rotatable bonds is 5. The van der Waals surface area contributed by atoms with Gasteiger partial charge in [0.1, 0.15) is 0 Å². The molecule has 8 heteroatoms. The van der Waals surface area contributed by atoms with E-state index in [1.165, 1.54) is 0 Å². The third kappa shape index (κ3) is 4.77. The Labute approximate surface area is 96.6 Å². The van der Waals surface area contributed by atoms with E-state index in [2.05, 4.69) is 4.72 Å². The van der Waals surface area contributed by atoms with Crippen LogP contribution in [0.5, 0.6) is 0 Å². The lowest BCUT2D eigenvalue weighted by Crippen LogP contribution is -2.38. The molecule has 16 heavy (non-hydrogen) atoms. The highest BCUT2D eigenvalue weighted by Crippen LogP contribution is 2.23. The van der Waals surface area contributed by atoms with Crippen LogP contribution in [0.2, 0.25) is 0 Å². The number of sulfonamides is 1. The van der Waals surface area contributed by atoms with Gasteiger partial charge in [-0.1, -0.05) is 6.42 Å². The fourth-order valence-corrected chi connectivity index (χ4v) is 4.93. The lowest BCUT2D eigenvalue weighted by molar-refractivity contribution is 0.470. The summed E-state index contributed by atoms with van der Waals surface area (Å²) in [7, 11) is -7.27.